The molecule has 0 aliphatic rings. The Morgan fingerprint density at radius 2 is 2.28 bits per heavy atom. The number of nitrogens with zero attached hydrogens (tertiary/aromatic N) is 2. The van der Waals surface area contributed by atoms with Gasteiger partial charge in [0.05, 0.1) is 5.01 Å². The fourth-order valence-electron chi connectivity index (χ4n) is 1.42. The molecule has 0 aromatic carbocycles. The fourth-order valence-corrected chi connectivity index (χ4v) is 4.14. The van der Waals surface area contributed by atoms with Gasteiger partial charge in [0.1, 0.15) is 9.90 Å². The van der Waals surface area contributed by atoms with Crippen LogP contribution in [0.3, 0.4) is 0 Å². The lowest BCUT2D eigenvalue weighted by molar-refractivity contribution is 0.602. The molecule has 0 fully saturated rings. The maximum absolute atomic E-state index is 11.6. The van der Waals surface area contributed by atoms with Crippen LogP contribution < -0.4 is 11.1 Å². The van der Waals surface area contributed by atoms with Crippen molar-refractivity contribution in [3.63, 3.8) is 0 Å². The highest BCUT2D eigenvalue weighted by Gasteiger charge is 2.20. The summed E-state index contributed by atoms with van der Waals surface area (Å²) in [6, 6.07) is 0. The highest BCUT2D eigenvalue weighted by atomic mass is 32.2. The molecule has 3 N–H and O–H groups in total. The maximum atomic E-state index is 11.6. The molecule has 2 heterocycles. The van der Waals surface area contributed by atoms with E-state index >= 15 is 0 Å². The van der Waals surface area contributed by atoms with E-state index in [0.717, 1.165) is 29.2 Å². The van der Waals surface area contributed by atoms with Gasteiger partial charge in [0.25, 0.3) is 0 Å². The minimum absolute atomic E-state index is 0.0549. The zero-order chi connectivity index (χ0) is 13.2. The van der Waals surface area contributed by atoms with Crippen molar-refractivity contribution in [2.45, 2.75) is 11.3 Å². The monoisotopic (exact) mass is 304 g/mol. The number of thiazole rings is 1. The highest BCUT2D eigenvalue weighted by Crippen LogP contribution is 2.31. The van der Waals surface area contributed by atoms with Gasteiger partial charge in [0.15, 0.2) is 15.7 Å². The van der Waals surface area contributed by atoms with Gasteiger partial charge in [-0.25, -0.2) is 13.4 Å². The quantitative estimate of drug-likeness (QED) is 0.862. The third-order valence-corrected chi connectivity index (χ3v) is 5.10. The predicted molar refractivity (Wildman–Crippen MR) is 73.9 cm³/mol. The van der Waals surface area contributed by atoms with E-state index in [1.165, 1.54) is 0 Å². The third kappa shape index (κ3) is 2.98. The second-order valence-electron chi connectivity index (χ2n) is 3.60. The van der Waals surface area contributed by atoms with Crippen LogP contribution in [0.2, 0.25) is 0 Å². The van der Waals surface area contributed by atoms with Crippen LogP contribution in [0.4, 0.5) is 10.8 Å². The SMILES string of the molecule is CS(=O)(=O)c1c(N)nsc1NCCc1nccs1. The summed E-state index contributed by atoms with van der Waals surface area (Å²) < 4.78 is 27.0. The van der Waals surface area contributed by atoms with Crippen molar-refractivity contribution in [3.05, 3.63) is 16.6 Å². The molecule has 9 heteroatoms. The summed E-state index contributed by atoms with van der Waals surface area (Å²) in [7, 11) is -3.36. The van der Waals surface area contributed by atoms with Crippen LogP contribution in [0.15, 0.2) is 16.5 Å². The van der Waals surface area contributed by atoms with E-state index in [9.17, 15) is 8.42 Å². The first-order valence-corrected chi connectivity index (χ1v) is 8.60. The standard InChI is InChI=1S/C9H12N4O2S3/c1-18(14,15)7-8(10)13-17-9(7)12-3-2-6-11-4-5-16-6/h4-5,12H,2-3H2,1H3,(H2,10,13). The van der Waals surface area contributed by atoms with Crippen LogP contribution in [0, 0.1) is 0 Å². The Labute approximate surface area is 113 Å². The topological polar surface area (TPSA) is 98.0 Å². The summed E-state index contributed by atoms with van der Waals surface area (Å²) in [6.07, 6.45) is 3.60. The second-order valence-corrected chi connectivity index (χ2v) is 7.31. The van der Waals surface area contributed by atoms with Crippen LogP contribution in [0.25, 0.3) is 0 Å². The molecular weight excluding hydrogens is 292 g/mol. The average Bonchev–Trinajstić information content (AvgIpc) is 2.87. The average molecular weight is 304 g/mol. The number of hydrogen-bond donors (Lipinski definition) is 2. The molecule has 2 aromatic heterocycles. The van der Waals surface area contributed by atoms with Crippen molar-refractivity contribution in [1.29, 1.82) is 0 Å². The molecular formula is C9H12N4O2S3. The molecule has 0 spiro atoms. The summed E-state index contributed by atoms with van der Waals surface area (Å²) in [5.74, 6) is 0.0549. The first-order valence-electron chi connectivity index (χ1n) is 5.06. The summed E-state index contributed by atoms with van der Waals surface area (Å²) in [5.41, 5.74) is 5.56. The molecule has 2 aromatic rings. The zero-order valence-corrected chi connectivity index (χ0v) is 12.0. The van der Waals surface area contributed by atoms with Crippen molar-refractivity contribution in [2.75, 3.05) is 23.9 Å². The second kappa shape index (κ2) is 5.21. The summed E-state index contributed by atoms with van der Waals surface area (Å²) in [5, 5.41) is 6.44. The molecule has 0 saturated carbocycles. The Balaban J connectivity index is 2.06. The Morgan fingerprint density at radius 1 is 1.50 bits per heavy atom. The Bertz CT molecular complexity index is 618. The summed E-state index contributed by atoms with van der Waals surface area (Å²) in [6.45, 7) is 0.595. The number of sulfone groups is 1. The van der Waals surface area contributed by atoms with Gasteiger partial charge in [-0.1, -0.05) is 0 Å². The van der Waals surface area contributed by atoms with Crippen molar-refractivity contribution in [1.82, 2.24) is 9.36 Å². The van der Waals surface area contributed by atoms with Crippen molar-refractivity contribution >= 4 is 43.5 Å². The van der Waals surface area contributed by atoms with Crippen molar-refractivity contribution < 1.29 is 8.42 Å². The zero-order valence-electron chi connectivity index (χ0n) is 9.58. The van der Waals surface area contributed by atoms with Crippen molar-refractivity contribution in [2.24, 2.45) is 0 Å². The molecule has 0 amide bonds. The Kier molecular flexibility index (Phi) is 3.83. The number of nitrogens with one attached hydrogen (secondary N) is 1. The van der Waals surface area contributed by atoms with Gasteiger partial charge >= 0.3 is 0 Å². The lowest BCUT2D eigenvalue weighted by atomic mass is 10.4. The van der Waals surface area contributed by atoms with Crippen LogP contribution in [0.5, 0.6) is 0 Å². The largest absolute Gasteiger partial charge is 0.382 e. The maximum Gasteiger partial charge on any atom is 0.182 e. The predicted octanol–water partition coefficient (Wildman–Crippen LogP) is 1.24. The summed E-state index contributed by atoms with van der Waals surface area (Å²) >= 11 is 2.62. The number of anilines is 2. The first-order chi connectivity index (χ1) is 8.48. The van der Waals surface area contributed by atoms with E-state index in [1.54, 1.807) is 17.5 Å². The normalized spacial score (nSPS) is 11.6. The molecule has 2 rings (SSSR count). The van der Waals surface area contributed by atoms with Gasteiger partial charge in [-0.2, -0.15) is 4.37 Å². The number of hydrogen-bond acceptors (Lipinski definition) is 8. The van der Waals surface area contributed by atoms with Gasteiger partial charge in [-0.05, 0) is 11.5 Å². The number of rotatable bonds is 5. The van der Waals surface area contributed by atoms with E-state index in [4.69, 9.17) is 5.73 Å². The fraction of sp³-hybridized carbons (Fsp3) is 0.333. The van der Waals surface area contributed by atoms with Gasteiger partial charge in [0, 0.05) is 30.8 Å². The van der Waals surface area contributed by atoms with E-state index in [-0.39, 0.29) is 10.7 Å². The van der Waals surface area contributed by atoms with Gasteiger partial charge in [-0.15, -0.1) is 11.3 Å². The Hall–Kier alpha value is -1.19. The Morgan fingerprint density at radius 3 is 2.89 bits per heavy atom. The number of nitrogens with two attached hydrogens (primary N) is 1. The van der Waals surface area contributed by atoms with E-state index in [1.807, 2.05) is 5.38 Å². The van der Waals surface area contributed by atoms with Crippen LogP contribution >= 0.6 is 22.9 Å². The van der Waals surface area contributed by atoms with Crippen LogP contribution in [-0.4, -0.2) is 30.6 Å². The van der Waals surface area contributed by atoms with Crippen molar-refractivity contribution in [3.8, 4) is 0 Å². The molecule has 0 aliphatic carbocycles. The van der Waals surface area contributed by atoms with E-state index < -0.39 is 9.84 Å². The van der Waals surface area contributed by atoms with E-state index in [0.29, 0.717) is 11.5 Å². The van der Waals surface area contributed by atoms with Crippen LogP contribution in [0.1, 0.15) is 5.01 Å². The molecule has 0 atom stereocenters. The van der Waals surface area contributed by atoms with E-state index in [2.05, 4.69) is 14.7 Å². The first kappa shape index (κ1) is 13.2. The molecule has 0 radical (unpaired) electrons. The minimum atomic E-state index is -3.36. The lowest BCUT2D eigenvalue weighted by Gasteiger charge is -2.04. The molecule has 18 heavy (non-hydrogen) atoms. The molecule has 0 aliphatic heterocycles. The van der Waals surface area contributed by atoms with Gasteiger partial charge in [-0.3, -0.25) is 0 Å². The molecule has 0 unspecified atom stereocenters. The highest BCUT2D eigenvalue weighted by molar-refractivity contribution is 7.91. The molecule has 98 valence electrons. The van der Waals surface area contributed by atoms with Gasteiger partial charge < -0.3 is 11.1 Å². The number of nitrogen functional groups attached to an aromatic ring is 1. The molecule has 6 nitrogen and oxygen atoms in total. The smallest absolute Gasteiger partial charge is 0.182 e. The summed E-state index contributed by atoms with van der Waals surface area (Å²) in [4.78, 5) is 4.24. The minimum Gasteiger partial charge on any atom is -0.382 e. The number of aromatic nitrogens is 2. The third-order valence-electron chi connectivity index (χ3n) is 2.15. The van der Waals surface area contributed by atoms with Crippen LogP contribution in [-0.2, 0) is 16.3 Å². The molecule has 0 bridgehead atoms. The van der Waals surface area contributed by atoms with Gasteiger partial charge in [0.2, 0.25) is 0 Å². The molecule has 0 saturated heterocycles. The lowest BCUT2D eigenvalue weighted by Crippen LogP contribution is -2.08.